The highest BCUT2D eigenvalue weighted by atomic mass is 16.6. The standard InChI is InChI=1S/C25H34N2O6/c1-25(2,3)33-23(29)26-13-11-18(12-14-26)8-7-15-32-24(30)27-17-19(16-22(28)31-4)20-9-5-6-10-21(20)27/h5-6,9-10,17-18H,7-8,11-16H2,1-4H3. The summed E-state index contributed by atoms with van der Waals surface area (Å²) >= 11 is 0. The van der Waals surface area contributed by atoms with Gasteiger partial charge in [-0.1, -0.05) is 18.2 Å². The number of nitrogens with zero attached hydrogens (tertiary/aromatic N) is 2. The number of rotatable bonds is 6. The van der Waals surface area contributed by atoms with Crippen molar-refractivity contribution in [1.82, 2.24) is 9.47 Å². The SMILES string of the molecule is COC(=O)Cc1cn(C(=O)OCCCC2CCN(C(=O)OC(C)(C)C)CC2)c2ccccc12. The summed E-state index contributed by atoms with van der Waals surface area (Å²) in [5.74, 6) is 0.144. The fourth-order valence-corrected chi connectivity index (χ4v) is 4.10. The Bertz CT molecular complexity index is 982. The molecule has 0 spiro atoms. The van der Waals surface area contributed by atoms with Gasteiger partial charge in [-0.05, 0) is 64.0 Å². The summed E-state index contributed by atoms with van der Waals surface area (Å²) in [5.41, 5.74) is 0.949. The lowest BCUT2D eigenvalue weighted by molar-refractivity contribution is -0.139. The van der Waals surface area contributed by atoms with E-state index in [2.05, 4.69) is 0 Å². The minimum atomic E-state index is -0.483. The summed E-state index contributed by atoms with van der Waals surface area (Å²) in [6.45, 7) is 7.32. The molecule has 1 saturated heterocycles. The number of methoxy groups -OCH3 is 1. The highest BCUT2D eigenvalue weighted by molar-refractivity contribution is 5.93. The molecule has 0 atom stereocenters. The summed E-state index contributed by atoms with van der Waals surface area (Å²) in [7, 11) is 1.34. The Morgan fingerprint density at radius 2 is 1.76 bits per heavy atom. The van der Waals surface area contributed by atoms with Crippen molar-refractivity contribution in [3.05, 3.63) is 36.0 Å². The largest absolute Gasteiger partial charge is 0.469 e. The zero-order chi connectivity index (χ0) is 24.0. The van der Waals surface area contributed by atoms with Crippen LogP contribution in [0.5, 0.6) is 0 Å². The van der Waals surface area contributed by atoms with Crippen molar-refractivity contribution in [2.24, 2.45) is 5.92 Å². The Hall–Kier alpha value is -3.03. The number of para-hydroxylation sites is 1. The first-order chi connectivity index (χ1) is 15.7. The van der Waals surface area contributed by atoms with E-state index in [4.69, 9.17) is 14.2 Å². The van der Waals surface area contributed by atoms with Crippen molar-refractivity contribution in [2.45, 2.75) is 58.5 Å². The average molecular weight is 459 g/mol. The van der Waals surface area contributed by atoms with Gasteiger partial charge in [0.05, 0.1) is 25.7 Å². The molecule has 33 heavy (non-hydrogen) atoms. The van der Waals surface area contributed by atoms with E-state index in [-0.39, 0.29) is 18.5 Å². The molecule has 2 aromatic rings. The van der Waals surface area contributed by atoms with E-state index >= 15 is 0 Å². The van der Waals surface area contributed by atoms with Crippen LogP contribution in [0.25, 0.3) is 10.9 Å². The van der Waals surface area contributed by atoms with Crippen LogP contribution in [0.2, 0.25) is 0 Å². The molecule has 1 amide bonds. The molecule has 1 aromatic carbocycles. The minimum Gasteiger partial charge on any atom is -0.469 e. The van der Waals surface area contributed by atoms with E-state index in [1.54, 1.807) is 11.1 Å². The molecule has 1 aromatic heterocycles. The Morgan fingerprint density at radius 1 is 1.06 bits per heavy atom. The third-order valence-electron chi connectivity index (χ3n) is 5.80. The topological polar surface area (TPSA) is 87.1 Å². The molecule has 2 heterocycles. The summed E-state index contributed by atoms with van der Waals surface area (Å²) < 4.78 is 17.2. The molecule has 0 radical (unpaired) electrons. The van der Waals surface area contributed by atoms with Crippen molar-refractivity contribution in [3.63, 3.8) is 0 Å². The van der Waals surface area contributed by atoms with Crippen LogP contribution in [0.15, 0.2) is 30.5 Å². The third-order valence-corrected chi connectivity index (χ3v) is 5.80. The highest BCUT2D eigenvalue weighted by Crippen LogP contribution is 2.24. The minimum absolute atomic E-state index is 0.0965. The van der Waals surface area contributed by atoms with Gasteiger partial charge in [-0.15, -0.1) is 0 Å². The number of benzene rings is 1. The molecular formula is C25H34N2O6. The van der Waals surface area contributed by atoms with Crippen molar-refractivity contribution < 1.29 is 28.6 Å². The Kier molecular flexibility index (Phi) is 8.00. The number of esters is 1. The molecule has 0 bridgehead atoms. The highest BCUT2D eigenvalue weighted by Gasteiger charge is 2.26. The van der Waals surface area contributed by atoms with E-state index in [1.165, 1.54) is 11.7 Å². The van der Waals surface area contributed by atoms with Gasteiger partial charge in [0, 0.05) is 24.7 Å². The van der Waals surface area contributed by atoms with Gasteiger partial charge in [0.15, 0.2) is 0 Å². The second-order valence-electron chi connectivity index (χ2n) is 9.46. The zero-order valence-corrected chi connectivity index (χ0v) is 20.0. The monoisotopic (exact) mass is 458 g/mol. The molecule has 8 heteroatoms. The zero-order valence-electron chi connectivity index (χ0n) is 20.0. The maximum atomic E-state index is 12.7. The van der Waals surface area contributed by atoms with E-state index in [9.17, 15) is 14.4 Å². The van der Waals surface area contributed by atoms with E-state index in [1.807, 2.05) is 45.0 Å². The van der Waals surface area contributed by atoms with Gasteiger partial charge >= 0.3 is 18.2 Å². The molecule has 0 unspecified atom stereocenters. The van der Waals surface area contributed by atoms with Crippen molar-refractivity contribution >= 4 is 29.1 Å². The van der Waals surface area contributed by atoms with Gasteiger partial charge in [0.1, 0.15) is 5.60 Å². The number of ether oxygens (including phenoxy) is 3. The maximum Gasteiger partial charge on any atom is 0.418 e. The molecule has 0 saturated carbocycles. The predicted molar refractivity (Wildman–Crippen MR) is 124 cm³/mol. The van der Waals surface area contributed by atoms with Crippen molar-refractivity contribution in [2.75, 3.05) is 26.8 Å². The van der Waals surface area contributed by atoms with Crippen LogP contribution in [0.4, 0.5) is 9.59 Å². The molecule has 3 rings (SSSR count). The molecule has 0 N–H and O–H groups in total. The number of carbonyl (C=O) groups is 3. The van der Waals surface area contributed by atoms with Gasteiger partial charge in [-0.2, -0.15) is 0 Å². The molecule has 1 fully saturated rings. The first-order valence-corrected chi connectivity index (χ1v) is 11.5. The number of hydrogen-bond donors (Lipinski definition) is 0. The second-order valence-corrected chi connectivity index (χ2v) is 9.46. The Balaban J connectivity index is 1.46. The average Bonchev–Trinajstić information content (AvgIpc) is 3.14. The summed E-state index contributed by atoms with van der Waals surface area (Å²) in [6.07, 6.45) is 4.59. The molecule has 1 aliphatic heterocycles. The smallest absolute Gasteiger partial charge is 0.418 e. The molecule has 8 nitrogen and oxygen atoms in total. The molecule has 1 aliphatic rings. The summed E-state index contributed by atoms with van der Waals surface area (Å²) in [5, 5.41) is 0.830. The number of aromatic nitrogens is 1. The lowest BCUT2D eigenvalue weighted by Gasteiger charge is -2.33. The first kappa shape index (κ1) is 24.6. The van der Waals surface area contributed by atoms with Crippen LogP contribution >= 0.6 is 0 Å². The van der Waals surface area contributed by atoms with Crippen LogP contribution in [0.1, 0.15) is 52.0 Å². The number of carbonyl (C=O) groups excluding carboxylic acids is 3. The number of likely N-dealkylation sites (tertiary alicyclic amines) is 1. The summed E-state index contributed by atoms with van der Waals surface area (Å²) in [6, 6.07) is 7.42. The summed E-state index contributed by atoms with van der Waals surface area (Å²) in [4.78, 5) is 38.3. The van der Waals surface area contributed by atoms with E-state index in [0.717, 1.165) is 36.6 Å². The van der Waals surface area contributed by atoms with E-state index in [0.29, 0.717) is 31.1 Å². The number of hydrogen-bond acceptors (Lipinski definition) is 6. The van der Waals surface area contributed by atoms with Gasteiger partial charge in [-0.25, -0.2) is 9.59 Å². The van der Waals surface area contributed by atoms with Gasteiger partial charge in [-0.3, -0.25) is 9.36 Å². The Labute approximate surface area is 194 Å². The van der Waals surface area contributed by atoms with Gasteiger partial charge in [0.2, 0.25) is 0 Å². The van der Waals surface area contributed by atoms with Crippen molar-refractivity contribution in [3.8, 4) is 0 Å². The van der Waals surface area contributed by atoms with Crippen LogP contribution < -0.4 is 0 Å². The molecule has 0 aliphatic carbocycles. The van der Waals surface area contributed by atoms with Crippen LogP contribution in [0.3, 0.4) is 0 Å². The lowest BCUT2D eigenvalue weighted by atomic mass is 9.92. The normalized spacial score (nSPS) is 14.8. The molecular weight excluding hydrogens is 424 g/mol. The first-order valence-electron chi connectivity index (χ1n) is 11.5. The van der Waals surface area contributed by atoms with Crippen molar-refractivity contribution in [1.29, 1.82) is 0 Å². The molecule has 180 valence electrons. The number of amides is 1. The number of fused-ring (bicyclic) bond motifs is 1. The van der Waals surface area contributed by atoms with Crippen LogP contribution in [-0.2, 0) is 25.4 Å². The Morgan fingerprint density at radius 3 is 2.42 bits per heavy atom. The van der Waals surface area contributed by atoms with Gasteiger partial charge in [0.25, 0.3) is 0 Å². The maximum absolute atomic E-state index is 12.7. The fourth-order valence-electron chi connectivity index (χ4n) is 4.10. The lowest BCUT2D eigenvalue weighted by Crippen LogP contribution is -2.41. The number of piperidine rings is 1. The second kappa shape index (κ2) is 10.7. The van der Waals surface area contributed by atoms with Crippen LogP contribution in [-0.4, -0.2) is 60.0 Å². The van der Waals surface area contributed by atoms with E-state index < -0.39 is 11.7 Å². The third kappa shape index (κ3) is 6.73. The fraction of sp³-hybridized carbons (Fsp3) is 0.560. The quantitative estimate of drug-likeness (QED) is 0.352. The predicted octanol–water partition coefficient (Wildman–Crippen LogP) is 4.77. The van der Waals surface area contributed by atoms with Gasteiger partial charge < -0.3 is 19.1 Å². The van der Waals surface area contributed by atoms with Crippen LogP contribution in [0, 0.1) is 5.92 Å².